The molecule has 4 aromatic carbocycles. The van der Waals surface area contributed by atoms with Gasteiger partial charge < -0.3 is 15.0 Å². The van der Waals surface area contributed by atoms with Gasteiger partial charge in [-0.05, 0) is 56.2 Å². The van der Waals surface area contributed by atoms with Crippen LogP contribution in [-0.2, 0) is 32.6 Å². The predicted molar refractivity (Wildman–Crippen MR) is 178 cm³/mol. The van der Waals surface area contributed by atoms with Crippen molar-refractivity contribution in [2.75, 3.05) is 24.0 Å². The van der Waals surface area contributed by atoms with Gasteiger partial charge in [0.05, 0.1) is 17.2 Å². The van der Waals surface area contributed by atoms with Crippen LogP contribution >= 0.6 is 0 Å². The van der Waals surface area contributed by atoms with E-state index >= 15 is 4.39 Å². The molecule has 2 amide bonds. The first-order valence-corrected chi connectivity index (χ1v) is 16.8. The van der Waals surface area contributed by atoms with Crippen LogP contribution in [-0.4, -0.2) is 50.9 Å². The summed E-state index contributed by atoms with van der Waals surface area (Å²) < 4.78 is 50.4. The Labute approximate surface area is 270 Å². The highest BCUT2D eigenvalue weighted by Gasteiger charge is 2.35. The van der Waals surface area contributed by atoms with Crippen molar-refractivity contribution in [1.29, 1.82) is 0 Å². The number of nitrogens with zero attached hydrogens (tertiary/aromatic N) is 2. The molecule has 0 unspecified atom stereocenters. The number of ether oxygens (including phenoxy) is 1. The summed E-state index contributed by atoms with van der Waals surface area (Å²) in [5.41, 5.74) is 2.02. The van der Waals surface area contributed by atoms with Gasteiger partial charge in [-0.15, -0.1) is 0 Å². The minimum atomic E-state index is -4.31. The van der Waals surface area contributed by atoms with Crippen LogP contribution in [0.3, 0.4) is 0 Å². The zero-order chi connectivity index (χ0) is 33.1. The van der Waals surface area contributed by atoms with E-state index < -0.39 is 40.2 Å². The number of sulfonamides is 1. The fourth-order valence-electron chi connectivity index (χ4n) is 5.02. The molecule has 0 bridgehead atoms. The van der Waals surface area contributed by atoms with Crippen molar-refractivity contribution >= 4 is 27.5 Å². The lowest BCUT2D eigenvalue weighted by molar-refractivity contribution is -0.140. The lowest BCUT2D eigenvalue weighted by Gasteiger charge is -2.34. The Bertz CT molecular complexity index is 1720. The van der Waals surface area contributed by atoms with Crippen molar-refractivity contribution < 1.29 is 27.1 Å². The molecule has 8 nitrogen and oxygen atoms in total. The van der Waals surface area contributed by atoms with Crippen molar-refractivity contribution in [2.45, 2.75) is 51.1 Å². The van der Waals surface area contributed by atoms with Crippen LogP contribution in [0.25, 0.3) is 0 Å². The normalized spacial score (nSPS) is 11.8. The Morgan fingerprint density at radius 3 is 2.20 bits per heavy atom. The van der Waals surface area contributed by atoms with Gasteiger partial charge in [0.25, 0.3) is 10.0 Å². The number of anilines is 1. The maximum atomic E-state index is 15.1. The smallest absolute Gasteiger partial charge is 0.264 e. The lowest BCUT2D eigenvalue weighted by Crippen LogP contribution is -2.53. The van der Waals surface area contributed by atoms with Crippen molar-refractivity contribution in [2.24, 2.45) is 0 Å². The average molecular weight is 646 g/mol. The predicted octanol–water partition coefficient (Wildman–Crippen LogP) is 5.89. The fraction of sp³-hybridized carbons (Fsp3) is 0.278. The number of amides is 2. The highest BCUT2D eigenvalue weighted by molar-refractivity contribution is 7.92. The minimum absolute atomic E-state index is 0.0145. The van der Waals surface area contributed by atoms with E-state index in [4.69, 9.17) is 4.74 Å². The van der Waals surface area contributed by atoms with Gasteiger partial charge in [0, 0.05) is 25.1 Å². The van der Waals surface area contributed by atoms with E-state index in [1.54, 1.807) is 61.5 Å². The molecule has 0 aliphatic heterocycles. The van der Waals surface area contributed by atoms with Gasteiger partial charge in [-0.2, -0.15) is 0 Å². The second kappa shape index (κ2) is 16.0. The van der Waals surface area contributed by atoms with Crippen LogP contribution < -0.4 is 14.4 Å². The standard InChI is InChI=1S/C36H40FN3O5S/c1-4-23-38-36(42)33(24-28-13-7-6-8-14-28)39(25-29-15-9-10-16-31(29)37)35(41)26-40(32-17-11-12-18-34(32)45-5-2)46(43,44)30-21-19-27(3)20-22-30/h6-22,33H,4-5,23-26H2,1-3H3,(H,38,42)/t33-/m1/s1. The van der Waals surface area contributed by atoms with Crippen molar-refractivity contribution in [3.63, 3.8) is 0 Å². The molecule has 0 fully saturated rings. The number of benzene rings is 4. The molecule has 0 radical (unpaired) electrons. The third-order valence-electron chi connectivity index (χ3n) is 7.44. The van der Waals surface area contributed by atoms with Crippen LogP contribution in [0.5, 0.6) is 5.75 Å². The minimum Gasteiger partial charge on any atom is -0.492 e. The molecule has 0 aliphatic carbocycles. The van der Waals surface area contributed by atoms with Gasteiger partial charge in [-0.3, -0.25) is 13.9 Å². The highest BCUT2D eigenvalue weighted by Crippen LogP contribution is 2.33. The molecule has 4 rings (SSSR count). The summed E-state index contributed by atoms with van der Waals surface area (Å²) in [7, 11) is -4.31. The number of aryl methyl sites for hydroxylation is 1. The number of carbonyl (C=O) groups excluding carboxylic acids is 2. The largest absolute Gasteiger partial charge is 0.492 e. The maximum Gasteiger partial charge on any atom is 0.264 e. The van der Waals surface area contributed by atoms with Gasteiger partial charge in [-0.25, -0.2) is 12.8 Å². The van der Waals surface area contributed by atoms with Crippen LogP contribution in [0.1, 0.15) is 37.0 Å². The second-order valence-electron chi connectivity index (χ2n) is 10.8. The summed E-state index contributed by atoms with van der Waals surface area (Å²) >= 11 is 0. The third-order valence-corrected chi connectivity index (χ3v) is 9.21. The van der Waals surface area contributed by atoms with Crippen LogP contribution in [0.15, 0.2) is 108 Å². The van der Waals surface area contributed by atoms with Gasteiger partial charge in [0.2, 0.25) is 11.8 Å². The van der Waals surface area contributed by atoms with E-state index in [2.05, 4.69) is 5.32 Å². The Morgan fingerprint density at radius 2 is 1.52 bits per heavy atom. The molecule has 0 saturated carbocycles. The van der Waals surface area contributed by atoms with Crippen LogP contribution in [0.2, 0.25) is 0 Å². The molecule has 0 spiro atoms. The summed E-state index contributed by atoms with van der Waals surface area (Å²) in [6, 6.07) is 27.1. The number of hydrogen-bond acceptors (Lipinski definition) is 5. The Hall–Kier alpha value is -4.70. The van der Waals surface area contributed by atoms with E-state index in [0.29, 0.717) is 13.0 Å². The van der Waals surface area contributed by atoms with Crippen LogP contribution in [0, 0.1) is 12.7 Å². The van der Waals surface area contributed by atoms with Crippen molar-refractivity contribution in [3.8, 4) is 5.75 Å². The number of nitrogens with one attached hydrogen (secondary N) is 1. The van der Waals surface area contributed by atoms with E-state index in [1.165, 1.54) is 23.1 Å². The summed E-state index contributed by atoms with van der Waals surface area (Å²) in [6.07, 6.45) is 0.804. The first-order chi connectivity index (χ1) is 22.1. The molecule has 46 heavy (non-hydrogen) atoms. The Kier molecular flexibility index (Phi) is 11.9. The Balaban J connectivity index is 1.84. The van der Waals surface area contributed by atoms with Crippen molar-refractivity contribution in [3.05, 3.63) is 126 Å². The van der Waals surface area contributed by atoms with Gasteiger partial charge in [0.15, 0.2) is 0 Å². The fourth-order valence-corrected chi connectivity index (χ4v) is 6.45. The Morgan fingerprint density at radius 1 is 0.870 bits per heavy atom. The SMILES string of the molecule is CCCNC(=O)[C@@H](Cc1ccccc1)N(Cc1ccccc1F)C(=O)CN(c1ccccc1OCC)S(=O)(=O)c1ccc(C)cc1. The molecule has 10 heteroatoms. The average Bonchev–Trinajstić information content (AvgIpc) is 3.06. The summed E-state index contributed by atoms with van der Waals surface area (Å²) in [5, 5.41) is 2.88. The number of para-hydroxylation sites is 2. The molecule has 0 saturated heterocycles. The van der Waals surface area contributed by atoms with Crippen molar-refractivity contribution in [1.82, 2.24) is 10.2 Å². The number of halogens is 1. The number of hydrogen-bond donors (Lipinski definition) is 1. The molecular weight excluding hydrogens is 605 g/mol. The van der Waals surface area contributed by atoms with Gasteiger partial charge >= 0.3 is 0 Å². The summed E-state index contributed by atoms with van der Waals surface area (Å²) in [6.45, 7) is 5.26. The number of rotatable bonds is 15. The highest BCUT2D eigenvalue weighted by atomic mass is 32.2. The molecule has 0 aliphatic rings. The quantitative estimate of drug-likeness (QED) is 0.174. The molecule has 0 aromatic heterocycles. The maximum absolute atomic E-state index is 15.1. The molecule has 4 aromatic rings. The van der Waals surface area contributed by atoms with E-state index in [0.717, 1.165) is 15.4 Å². The second-order valence-corrected chi connectivity index (χ2v) is 12.7. The molecule has 1 N–H and O–H groups in total. The van der Waals surface area contributed by atoms with E-state index in [-0.39, 0.29) is 41.5 Å². The monoisotopic (exact) mass is 645 g/mol. The van der Waals surface area contributed by atoms with Gasteiger partial charge in [0.1, 0.15) is 24.2 Å². The summed E-state index contributed by atoms with van der Waals surface area (Å²) in [4.78, 5) is 29.5. The first-order valence-electron chi connectivity index (χ1n) is 15.3. The first kappa shape index (κ1) is 34.2. The van der Waals surface area contributed by atoms with E-state index in [9.17, 15) is 18.0 Å². The van der Waals surface area contributed by atoms with Gasteiger partial charge in [-0.1, -0.05) is 85.3 Å². The van der Waals surface area contributed by atoms with E-state index in [1.807, 2.05) is 44.2 Å². The molecular formula is C36H40FN3O5S. The zero-order valence-corrected chi connectivity index (χ0v) is 27.2. The number of carbonyl (C=O) groups is 2. The molecule has 1 atom stereocenters. The van der Waals surface area contributed by atoms with Crippen LogP contribution in [0.4, 0.5) is 10.1 Å². The zero-order valence-electron chi connectivity index (χ0n) is 26.4. The molecule has 0 heterocycles. The lowest BCUT2D eigenvalue weighted by atomic mass is 10.0. The topological polar surface area (TPSA) is 96.0 Å². The third kappa shape index (κ3) is 8.51. The molecule has 242 valence electrons. The summed E-state index contributed by atoms with van der Waals surface area (Å²) in [5.74, 6) is -1.37.